The molecular weight excluding hydrogens is 544 g/mol. The lowest BCUT2D eigenvalue weighted by atomic mass is 10.0. The van der Waals surface area contributed by atoms with Crippen LogP contribution in [0.3, 0.4) is 0 Å². The molecule has 3 fully saturated rings. The minimum Gasteiger partial charge on any atom is -0.494 e. The Morgan fingerprint density at radius 2 is 1.81 bits per heavy atom. The summed E-state index contributed by atoms with van der Waals surface area (Å²) in [6, 6.07) is 12.1. The van der Waals surface area contributed by atoms with Crippen molar-refractivity contribution >= 4 is 46.2 Å². The summed E-state index contributed by atoms with van der Waals surface area (Å²) in [7, 11) is 5.78. The normalized spacial score (nSPS) is 19.8. The maximum Gasteiger partial charge on any atom is 0.255 e. The lowest BCUT2D eigenvalue weighted by Crippen LogP contribution is -2.27. The van der Waals surface area contributed by atoms with Gasteiger partial charge < -0.3 is 35.1 Å². The maximum atomic E-state index is 13.3. The van der Waals surface area contributed by atoms with Crippen LogP contribution in [0.4, 0.5) is 23.0 Å². The van der Waals surface area contributed by atoms with Gasteiger partial charge in [0.05, 0.1) is 35.4 Å². The molecule has 1 aliphatic carbocycles. The van der Waals surface area contributed by atoms with Crippen molar-refractivity contribution in [1.29, 1.82) is 0 Å². The average Bonchev–Trinajstić information content (AvgIpc) is 3.49. The number of carbonyl (C=O) groups excluding carboxylic acids is 2. The zero-order valence-corrected chi connectivity index (χ0v) is 24.6. The van der Waals surface area contributed by atoms with Gasteiger partial charge in [-0.15, -0.1) is 0 Å². The van der Waals surface area contributed by atoms with E-state index in [0.29, 0.717) is 52.6 Å². The molecule has 2 amide bonds. The van der Waals surface area contributed by atoms with E-state index in [4.69, 9.17) is 9.72 Å². The largest absolute Gasteiger partial charge is 0.494 e. The highest BCUT2D eigenvalue weighted by molar-refractivity contribution is 6.05. The summed E-state index contributed by atoms with van der Waals surface area (Å²) in [5, 5.41) is 10.3. The minimum atomic E-state index is -0.182. The number of aromatic nitrogens is 3. The molecule has 0 bridgehead atoms. The summed E-state index contributed by atoms with van der Waals surface area (Å²) in [5.41, 5.74) is 5.07. The van der Waals surface area contributed by atoms with Gasteiger partial charge in [0, 0.05) is 74.2 Å². The van der Waals surface area contributed by atoms with Crippen molar-refractivity contribution in [2.45, 2.75) is 18.9 Å². The van der Waals surface area contributed by atoms with Crippen LogP contribution < -0.4 is 25.6 Å². The van der Waals surface area contributed by atoms with E-state index in [9.17, 15) is 9.59 Å². The zero-order chi connectivity index (χ0) is 29.7. The molecule has 2 aromatic heterocycles. The van der Waals surface area contributed by atoms with Crippen LogP contribution in [-0.4, -0.2) is 78.1 Å². The summed E-state index contributed by atoms with van der Waals surface area (Å²) >= 11 is 0. The highest BCUT2D eigenvalue weighted by atomic mass is 16.5. The lowest BCUT2D eigenvalue weighted by molar-refractivity contribution is -0.105. The van der Waals surface area contributed by atoms with Crippen LogP contribution in [0.2, 0.25) is 0 Å². The Morgan fingerprint density at radius 3 is 2.53 bits per heavy atom. The number of nitrogens with zero attached hydrogens (tertiary/aromatic N) is 5. The number of carbonyl (C=O) groups is 2. The molecule has 0 spiro atoms. The highest BCUT2D eigenvalue weighted by Crippen LogP contribution is 2.42. The molecule has 3 N–H and O–H groups in total. The van der Waals surface area contributed by atoms with Crippen molar-refractivity contribution in [3.63, 3.8) is 0 Å². The number of methoxy groups -OCH3 is 1. The van der Waals surface area contributed by atoms with Crippen molar-refractivity contribution in [1.82, 2.24) is 24.8 Å². The third-order valence-electron chi connectivity index (χ3n) is 8.89. The van der Waals surface area contributed by atoms with Gasteiger partial charge in [-0.2, -0.15) is 0 Å². The average molecular weight is 581 g/mol. The van der Waals surface area contributed by atoms with Crippen LogP contribution in [0, 0.1) is 11.8 Å². The number of anilines is 4. The second kappa shape index (κ2) is 10.9. The molecule has 2 aromatic carbocycles. The van der Waals surface area contributed by atoms with E-state index in [1.807, 2.05) is 54.2 Å². The minimum absolute atomic E-state index is 0.182. The number of amides is 2. The molecule has 2 saturated heterocycles. The summed E-state index contributed by atoms with van der Waals surface area (Å²) < 4.78 is 7.85. The molecule has 2 unspecified atom stereocenters. The van der Waals surface area contributed by atoms with Gasteiger partial charge in [-0.25, -0.2) is 9.97 Å². The first-order chi connectivity index (χ1) is 20.9. The molecule has 11 heteroatoms. The van der Waals surface area contributed by atoms with Crippen molar-refractivity contribution < 1.29 is 14.3 Å². The zero-order valence-electron chi connectivity index (χ0n) is 24.6. The second-order valence-electron chi connectivity index (χ2n) is 12.0. The van der Waals surface area contributed by atoms with Gasteiger partial charge in [0.2, 0.25) is 12.4 Å². The molecule has 11 nitrogen and oxygen atoms in total. The van der Waals surface area contributed by atoms with E-state index in [1.165, 1.54) is 0 Å². The lowest BCUT2D eigenvalue weighted by Gasteiger charge is -2.25. The van der Waals surface area contributed by atoms with Gasteiger partial charge in [0.15, 0.2) is 0 Å². The standard InChI is InChI=1S/C32H36N8O3/c1-38-13-19-15-40(16-20(19)14-38)28-11-29(43-3)26(10-25(28)34-18-41)36-32-33-12-23(31(42)35-21-8-9-21)30(37-32)24-17-39(2)27-7-5-4-6-22(24)27/h4-7,10-12,17-21H,8-9,13-16H2,1-3H3,(H,34,41)(H,35,42)(H,33,36,37). The first-order valence-electron chi connectivity index (χ1n) is 14.8. The van der Waals surface area contributed by atoms with E-state index in [2.05, 4.69) is 37.8 Å². The first-order valence-corrected chi connectivity index (χ1v) is 14.8. The molecule has 7 rings (SSSR count). The fraction of sp³-hybridized carbons (Fsp3) is 0.375. The molecule has 4 heterocycles. The fourth-order valence-corrected chi connectivity index (χ4v) is 6.66. The Balaban J connectivity index is 1.25. The number of hydrogen-bond acceptors (Lipinski definition) is 8. The SMILES string of the molecule is COc1cc(N2CC3CN(C)CC3C2)c(NC=O)cc1Nc1ncc(C(=O)NC2CC2)c(-c2cn(C)c3ccccc23)n1. The van der Waals surface area contributed by atoms with Gasteiger partial charge in [-0.1, -0.05) is 18.2 Å². The number of benzene rings is 2. The van der Waals surface area contributed by atoms with Crippen LogP contribution in [0.1, 0.15) is 23.2 Å². The van der Waals surface area contributed by atoms with Crippen LogP contribution in [-0.2, 0) is 11.8 Å². The molecule has 3 aliphatic rings. The summed E-state index contributed by atoms with van der Waals surface area (Å²) in [6.07, 6.45) is 6.24. The number of fused-ring (bicyclic) bond motifs is 2. The summed E-state index contributed by atoms with van der Waals surface area (Å²) in [5.74, 6) is 1.95. The van der Waals surface area contributed by atoms with Gasteiger partial charge in [-0.3, -0.25) is 9.59 Å². The topological polar surface area (TPSA) is 117 Å². The van der Waals surface area contributed by atoms with Crippen LogP contribution in [0.15, 0.2) is 48.8 Å². The Morgan fingerprint density at radius 1 is 1.05 bits per heavy atom. The van der Waals surface area contributed by atoms with E-state index < -0.39 is 0 Å². The molecule has 2 atom stereocenters. The monoisotopic (exact) mass is 580 g/mol. The predicted molar refractivity (Wildman–Crippen MR) is 167 cm³/mol. The van der Waals surface area contributed by atoms with E-state index in [0.717, 1.165) is 61.2 Å². The smallest absolute Gasteiger partial charge is 0.255 e. The second-order valence-corrected chi connectivity index (χ2v) is 12.0. The number of ether oxygens (including phenoxy) is 1. The van der Waals surface area contributed by atoms with Crippen molar-refractivity contribution in [3.05, 3.63) is 54.4 Å². The van der Waals surface area contributed by atoms with E-state index in [1.54, 1.807) is 13.3 Å². The molecule has 43 heavy (non-hydrogen) atoms. The van der Waals surface area contributed by atoms with Crippen LogP contribution >= 0.6 is 0 Å². The number of hydrogen-bond donors (Lipinski definition) is 3. The van der Waals surface area contributed by atoms with Crippen molar-refractivity contribution in [3.8, 4) is 17.0 Å². The number of aryl methyl sites for hydroxylation is 1. The van der Waals surface area contributed by atoms with Gasteiger partial charge >= 0.3 is 0 Å². The molecule has 0 radical (unpaired) electrons. The summed E-state index contributed by atoms with van der Waals surface area (Å²) in [6.45, 7) is 4.03. The molecule has 222 valence electrons. The predicted octanol–water partition coefficient (Wildman–Crippen LogP) is 3.85. The first kappa shape index (κ1) is 27.2. The fourth-order valence-electron chi connectivity index (χ4n) is 6.66. The van der Waals surface area contributed by atoms with Crippen molar-refractivity contribution in [2.24, 2.45) is 18.9 Å². The highest BCUT2D eigenvalue weighted by Gasteiger charge is 2.39. The van der Waals surface area contributed by atoms with Gasteiger partial charge in [-0.05, 0) is 43.9 Å². The third kappa shape index (κ3) is 5.14. The number of para-hydroxylation sites is 1. The Hall–Kier alpha value is -4.64. The molecule has 4 aromatic rings. The maximum absolute atomic E-state index is 13.3. The molecule has 2 aliphatic heterocycles. The number of nitrogens with one attached hydrogen (secondary N) is 3. The van der Waals surface area contributed by atoms with Crippen molar-refractivity contribution in [2.75, 3.05) is 55.9 Å². The molecule has 1 saturated carbocycles. The summed E-state index contributed by atoms with van der Waals surface area (Å²) in [4.78, 5) is 39.1. The Kier molecular flexibility index (Phi) is 6.89. The quantitative estimate of drug-likeness (QED) is 0.256. The number of likely N-dealkylation sites (tertiary alicyclic amines) is 1. The van der Waals surface area contributed by atoms with Crippen LogP contribution in [0.25, 0.3) is 22.2 Å². The van der Waals surface area contributed by atoms with Gasteiger partial charge in [0.1, 0.15) is 5.75 Å². The van der Waals surface area contributed by atoms with E-state index >= 15 is 0 Å². The number of rotatable bonds is 9. The Labute approximate surface area is 250 Å². The Bertz CT molecular complexity index is 1700. The molecular formula is C32H36N8O3. The van der Waals surface area contributed by atoms with E-state index in [-0.39, 0.29) is 11.9 Å². The van der Waals surface area contributed by atoms with Crippen LogP contribution in [0.5, 0.6) is 5.75 Å². The third-order valence-corrected chi connectivity index (χ3v) is 8.89. The van der Waals surface area contributed by atoms with Gasteiger partial charge in [0.25, 0.3) is 5.91 Å².